The Kier molecular flexibility index (Phi) is 3.25. The van der Waals surface area contributed by atoms with Crippen LogP contribution in [-0.2, 0) is 0 Å². The van der Waals surface area contributed by atoms with Gasteiger partial charge in [-0.2, -0.15) is 0 Å². The van der Waals surface area contributed by atoms with Crippen LogP contribution in [0, 0.1) is 18.6 Å². The summed E-state index contributed by atoms with van der Waals surface area (Å²) in [7, 11) is 1.73. The van der Waals surface area contributed by atoms with Gasteiger partial charge < -0.3 is 5.32 Å². The second kappa shape index (κ2) is 5.09. The fourth-order valence-corrected chi connectivity index (χ4v) is 2.23. The van der Waals surface area contributed by atoms with E-state index in [4.69, 9.17) is 0 Å². The van der Waals surface area contributed by atoms with E-state index < -0.39 is 11.6 Å². The first-order chi connectivity index (χ1) is 10.1. The average Bonchev–Trinajstić information content (AvgIpc) is 2.49. The van der Waals surface area contributed by atoms with Crippen molar-refractivity contribution in [1.29, 1.82) is 0 Å². The number of nitrogens with zero attached hydrogens (tertiary/aromatic N) is 2. The van der Waals surface area contributed by atoms with Crippen molar-refractivity contribution in [3.05, 3.63) is 53.6 Å². The zero-order valence-corrected chi connectivity index (χ0v) is 11.6. The number of anilines is 1. The Morgan fingerprint density at radius 3 is 2.62 bits per heavy atom. The van der Waals surface area contributed by atoms with E-state index in [0.717, 1.165) is 17.0 Å². The van der Waals surface area contributed by atoms with E-state index in [2.05, 4.69) is 15.3 Å². The number of nitrogens with one attached hydrogen (secondary N) is 1. The molecule has 0 spiro atoms. The maximum Gasteiger partial charge on any atom is 0.169 e. The third kappa shape index (κ3) is 2.31. The van der Waals surface area contributed by atoms with E-state index in [1.807, 2.05) is 25.1 Å². The van der Waals surface area contributed by atoms with Gasteiger partial charge in [0, 0.05) is 12.4 Å². The van der Waals surface area contributed by atoms with Gasteiger partial charge in [-0.25, -0.2) is 18.7 Å². The quantitative estimate of drug-likeness (QED) is 0.775. The van der Waals surface area contributed by atoms with E-state index in [0.29, 0.717) is 11.3 Å². The minimum absolute atomic E-state index is 0.0500. The molecular weight excluding hydrogens is 272 g/mol. The molecule has 0 unspecified atom stereocenters. The van der Waals surface area contributed by atoms with Crippen LogP contribution < -0.4 is 5.32 Å². The molecule has 1 aromatic heterocycles. The fourth-order valence-electron chi connectivity index (χ4n) is 2.23. The monoisotopic (exact) mass is 285 g/mol. The highest BCUT2D eigenvalue weighted by molar-refractivity contribution is 5.91. The summed E-state index contributed by atoms with van der Waals surface area (Å²) < 4.78 is 27.3. The van der Waals surface area contributed by atoms with Crippen LogP contribution in [0.2, 0.25) is 0 Å². The number of aromatic nitrogens is 2. The topological polar surface area (TPSA) is 37.8 Å². The molecule has 2 aromatic carbocycles. The lowest BCUT2D eigenvalue weighted by Crippen LogP contribution is -2.01. The smallest absolute Gasteiger partial charge is 0.169 e. The predicted octanol–water partition coefficient (Wildman–Crippen LogP) is 3.93. The summed E-state index contributed by atoms with van der Waals surface area (Å²) in [6, 6.07) is 9.69. The minimum Gasteiger partial charge on any atom is -0.373 e. The number of hydrogen-bond donors (Lipinski definition) is 1. The van der Waals surface area contributed by atoms with Crippen LogP contribution in [0.3, 0.4) is 0 Å². The summed E-state index contributed by atoms with van der Waals surface area (Å²) in [6.45, 7) is 1.97. The summed E-state index contributed by atoms with van der Waals surface area (Å²) in [5.41, 5.74) is 1.81. The SMILES string of the molecule is CNc1nc(-c2cccc(F)c2F)nc2ccc(C)cc12. The maximum atomic E-state index is 13.9. The second-order valence-corrected chi connectivity index (χ2v) is 4.77. The molecule has 0 radical (unpaired) electrons. The lowest BCUT2D eigenvalue weighted by atomic mass is 10.1. The van der Waals surface area contributed by atoms with Crippen molar-refractivity contribution < 1.29 is 8.78 Å². The van der Waals surface area contributed by atoms with Gasteiger partial charge >= 0.3 is 0 Å². The maximum absolute atomic E-state index is 13.9. The van der Waals surface area contributed by atoms with Crippen LogP contribution in [0.1, 0.15) is 5.56 Å². The highest BCUT2D eigenvalue weighted by Crippen LogP contribution is 2.27. The first-order valence-electron chi connectivity index (χ1n) is 6.50. The second-order valence-electron chi connectivity index (χ2n) is 4.77. The van der Waals surface area contributed by atoms with Gasteiger partial charge in [0.15, 0.2) is 17.5 Å². The van der Waals surface area contributed by atoms with Crippen LogP contribution in [0.15, 0.2) is 36.4 Å². The molecule has 1 heterocycles. The van der Waals surface area contributed by atoms with Crippen molar-refractivity contribution in [3.63, 3.8) is 0 Å². The molecule has 0 bridgehead atoms. The first kappa shape index (κ1) is 13.4. The summed E-state index contributed by atoms with van der Waals surface area (Å²) in [5.74, 6) is -1.10. The molecule has 3 nitrogen and oxygen atoms in total. The fraction of sp³-hybridized carbons (Fsp3) is 0.125. The molecule has 0 aliphatic carbocycles. The molecule has 0 aliphatic rings. The standard InChI is InChI=1S/C16H13F2N3/c1-9-6-7-13-11(8-9)15(19-2)21-16(20-13)10-4-3-5-12(17)14(10)18/h3-8H,1-2H3,(H,19,20,21). The molecule has 0 aliphatic heterocycles. The Bertz CT molecular complexity index is 831. The van der Waals surface area contributed by atoms with Crippen molar-refractivity contribution in [2.24, 2.45) is 0 Å². The van der Waals surface area contributed by atoms with Gasteiger partial charge in [-0.1, -0.05) is 17.7 Å². The summed E-state index contributed by atoms with van der Waals surface area (Å²) in [4.78, 5) is 8.64. The Morgan fingerprint density at radius 1 is 1.05 bits per heavy atom. The lowest BCUT2D eigenvalue weighted by Gasteiger charge is -2.09. The summed E-state index contributed by atoms with van der Waals surface area (Å²) >= 11 is 0. The molecule has 3 aromatic rings. The van der Waals surface area contributed by atoms with Gasteiger partial charge in [0.25, 0.3) is 0 Å². The first-order valence-corrected chi connectivity index (χ1v) is 6.50. The molecule has 5 heteroatoms. The van der Waals surface area contributed by atoms with E-state index in [-0.39, 0.29) is 11.4 Å². The van der Waals surface area contributed by atoms with Crippen molar-refractivity contribution in [3.8, 4) is 11.4 Å². The lowest BCUT2D eigenvalue weighted by molar-refractivity contribution is 0.510. The molecule has 0 fully saturated rings. The van der Waals surface area contributed by atoms with Crippen molar-refractivity contribution in [2.45, 2.75) is 6.92 Å². The number of benzene rings is 2. The predicted molar refractivity (Wildman–Crippen MR) is 79.2 cm³/mol. The van der Waals surface area contributed by atoms with Gasteiger partial charge in [0.05, 0.1) is 11.1 Å². The van der Waals surface area contributed by atoms with Gasteiger partial charge in [-0.15, -0.1) is 0 Å². The number of fused-ring (bicyclic) bond motifs is 1. The van der Waals surface area contributed by atoms with Crippen LogP contribution in [-0.4, -0.2) is 17.0 Å². The number of halogens is 2. The Balaban J connectivity index is 2.29. The van der Waals surface area contributed by atoms with Crippen molar-refractivity contribution >= 4 is 16.7 Å². The van der Waals surface area contributed by atoms with Gasteiger partial charge in [0.2, 0.25) is 0 Å². The Hall–Kier alpha value is -2.56. The van der Waals surface area contributed by atoms with Crippen molar-refractivity contribution in [2.75, 3.05) is 12.4 Å². The highest BCUT2D eigenvalue weighted by Gasteiger charge is 2.14. The van der Waals surface area contributed by atoms with E-state index >= 15 is 0 Å². The Labute approximate surface area is 120 Å². The van der Waals surface area contributed by atoms with Crippen LogP contribution in [0.5, 0.6) is 0 Å². The van der Waals surface area contributed by atoms with Gasteiger partial charge in [0.1, 0.15) is 5.82 Å². The van der Waals surface area contributed by atoms with Gasteiger partial charge in [-0.05, 0) is 31.2 Å². The Morgan fingerprint density at radius 2 is 1.86 bits per heavy atom. The molecule has 106 valence electrons. The molecule has 0 amide bonds. The molecule has 21 heavy (non-hydrogen) atoms. The third-order valence-corrected chi connectivity index (χ3v) is 3.28. The number of aryl methyl sites for hydroxylation is 1. The summed E-state index contributed by atoms with van der Waals surface area (Å²) in [5, 5.41) is 3.82. The molecule has 3 rings (SSSR count). The zero-order valence-electron chi connectivity index (χ0n) is 11.6. The van der Waals surface area contributed by atoms with Crippen LogP contribution in [0.25, 0.3) is 22.3 Å². The summed E-state index contributed by atoms with van der Waals surface area (Å²) in [6.07, 6.45) is 0. The number of hydrogen-bond acceptors (Lipinski definition) is 3. The molecule has 0 saturated heterocycles. The average molecular weight is 285 g/mol. The normalized spacial score (nSPS) is 10.9. The third-order valence-electron chi connectivity index (χ3n) is 3.28. The number of rotatable bonds is 2. The van der Waals surface area contributed by atoms with E-state index in [9.17, 15) is 8.78 Å². The minimum atomic E-state index is -0.939. The molecular formula is C16H13F2N3. The largest absolute Gasteiger partial charge is 0.373 e. The van der Waals surface area contributed by atoms with Crippen LogP contribution >= 0.6 is 0 Å². The van der Waals surface area contributed by atoms with E-state index in [1.165, 1.54) is 12.1 Å². The van der Waals surface area contributed by atoms with Gasteiger partial charge in [-0.3, -0.25) is 0 Å². The molecule has 0 atom stereocenters. The molecule has 0 saturated carbocycles. The zero-order chi connectivity index (χ0) is 15.0. The highest BCUT2D eigenvalue weighted by atomic mass is 19.2. The van der Waals surface area contributed by atoms with Crippen molar-refractivity contribution in [1.82, 2.24) is 9.97 Å². The van der Waals surface area contributed by atoms with Crippen LogP contribution in [0.4, 0.5) is 14.6 Å². The molecule has 1 N–H and O–H groups in total. The van der Waals surface area contributed by atoms with E-state index in [1.54, 1.807) is 7.05 Å².